The molecule has 0 radical (unpaired) electrons. The first-order valence-corrected chi connectivity index (χ1v) is 4.83. The van der Waals surface area contributed by atoms with Crippen molar-refractivity contribution >= 4 is 5.97 Å². The van der Waals surface area contributed by atoms with Crippen LogP contribution in [0.1, 0.15) is 20.8 Å². The highest BCUT2D eigenvalue weighted by atomic mass is 16.5. The van der Waals surface area contributed by atoms with E-state index in [1.807, 2.05) is 20.8 Å². The molecule has 0 aromatic rings. The van der Waals surface area contributed by atoms with Gasteiger partial charge in [-0.2, -0.15) is 0 Å². The second kappa shape index (κ2) is 3.87. The Balaban J connectivity index is 2.39. The Morgan fingerprint density at radius 3 is 2.43 bits per heavy atom. The molecule has 0 unspecified atom stereocenters. The maximum atomic E-state index is 11.3. The van der Waals surface area contributed by atoms with Crippen molar-refractivity contribution < 1.29 is 14.3 Å². The lowest BCUT2D eigenvalue weighted by atomic mass is 9.93. The number of nitrogens with one attached hydrogen (secondary N) is 1. The molecule has 0 atom stereocenters. The zero-order valence-corrected chi connectivity index (χ0v) is 9.35. The van der Waals surface area contributed by atoms with E-state index in [-0.39, 0.29) is 11.6 Å². The van der Waals surface area contributed by atoms with Crippen molar-refractivity contribution in [2.24, 2.45) is 5.41 Å². The Kier molecular flexibility index (Phi) is 3.17. The van der Waals surface area contributed by atoms with Crippen LogP contribution in [0, 0.1) is 5.41 Å². The summed E-state index contributed by atoms with van der Waals surface area (Å²) in [7, 11) is 1.40. The molecule has 82 valence electrons. The lowest BCUT2D eigenvalue weighted by Crippen LogP contribution is -2.60. The second-order valence-corrected chi connectivity index (χ2v) is 4.72. The zero-order chi connectivity index (χ0) is 10.8. The van der Waals surface area contributed by atoms with Crippen molar-refractivity contribution in [3.8, 4) is 0 Å². The van der Waals surface area contributed by atoms with Crippen molar-refractivity contribution in [1.82, 2.24) is 5.32 Å². The Bertz CT molecular complexity index is 221. The van der Waals surface area contributed by atoms with Gasteiger partial charge in [-0.1, -0.05) is 0 Å². The average Bonchev–Trinajstić information content (AvgIpc) is 2.10. The number of esters is 1. The van der Waals surface area contributed by atoms with Gasteiger partial charge in [0.15, 0.2) is 0 Å². The fourth-order valence-electron chi connectivity index (χ4n) is 1.27. The van der Waals surface area contributed by atoms with Gasteiger partial charge in [-0.3, -0.25) is 4.79 Å². The first-order valence-electron chi connectivity index (χ1n) is 4.83. The first kappa shape index (κ1) is 11.5. The van der Waals surface area contributed by atoms with Crippen molar-refractivity contribution in [3.05, 3.63) is 0 Å². The van der Waals surface area contributed by atoms with Crippen molar-refractivity contribution in [2.75, 3.05) is 26.8 Å². The molecule has 0 aromatic carbocycles. The maximum absolute atomic E-state index is 11.3. The number of hydrogen-bond acceptors (Lipinski definition) is 4. The van der Waals surface area contributed by atoms with Crippen LogP contribution in [0.3, 0.4) is 0 Å². The van der Waals surface area contributed by atoms with Crippen LogP contribution >= 0.6 is 0 Å². The van der Waals surface area contributed by atoms with Crippen LogP contribution in [0.15, 0.2) is 0 Å². The van der Waals surface area contributed by atoms with Crippen LogP contribution in [0.2, 0.25) is 0 Å². The largest absolute Gasteiger partial charge is 0.469 e. The fraction of sp³-hybridized carbons (Fsp3) is 0.900. The summed E-state index contributed by atoms with van der Waals surface area (Å²) in [6.07, 6.45) is 0. The number of hydrogen-bond donors (Lipinski definition) is 1. The first-order chi connectivity index (χ1) is 6.40. The van der Waals surface area contributed by atoms with E-state index in [0.717, 1.165) is 13.1 Å². The van der Waals surface area contributed by atoms with Gasteiger partial charge in [0, 0.05) is 13.1 Å². The van der Waals surface area contributed by atoms with Crippen LogP contribution in [-0.4, -0.2) is 38.4 Å². The predicted octanol–water partition coefficient (Wildman–Crippen LogP) is 0.564. The summed E-state index contributed by atoms with van der Waals surface area (Å²) >= 11 is 0. The van der Waals surface area contributed by atoms with Crippen LogP contribution in [-0.2, 0) is 14.3 Å². The molecule has 0 amide bonds. The molecule has 1 aliphatic heterocycles. The highest BCUT2D eigenvalue weighted by Crippen LogP contribution is 2.23. The molecular weight excluding hydrogens is 182 g/mol. The van der Waals surface area contributed by atoms with Crippen molar-refractivity contribution in [1.29, 1.82) is 0 Å². The van der Waals surface area contributed by atoms with E-state index in [0.29, 0.717) is 6.61 Å². The summed E-state index contributed by atoms with van der Waals surface area (Å²) in [6.45, 7) is 7.80. The van der Waals surface area contributed by atoms with E-state index in [9.17, 15) is 4.79 Å². The quantitative estimate of drug-likeness (QED) is 0.675. The lowest BCUT2D eigenvalue weighted by molar-refractivity contribution is -0.161. The standard InChI is InChI=1S/C10H19NO3/c1-9(2,8(12)13-4)7-14-10(3)5-11-6-10/h11H,5-7H2,1-4H3. The highest BCUT2D eigenvalue weighted by molar-refractivity contribution is 5.75. The molecule has 1 rings (SSSR count). The molecule has 4 nitrogen and oxygen atoms in total. The molecule has 1 aliphatic rings. The molecule has 14 heavy (non-hydrogen) atoms. The van der Waals surface area contributed by atoms with Gasteiger partial charge in [-0.05, 0) is 20.8 Å². The summed E-state index contributed by atoms with van der Waals surface area (Å²) < 4.78 is 10.4. The smallest absolute Gasteiger partial charge is 0.313 e. The van der Waals surface area contributed by atoms with Gasteiger partial charge >= 0.3 is 5.97 Å². The molecule has 0 spiro atoms. The number of carbonyl (C=O) groups is 1. The molecule has 1 fully saturated rings. The minimum absolute atomic E-state index is 0.106. The van der Waals surface area contributed by atoms with Gasteiger partial charge in [0.1, 0.15) is 0 Å². The normalized spacial score (nSPS) is 20.0. The Labute approximate surface area is 85.0 Å². The van der Waals surface area contributed by atoms with Gasteiger partial charge in [-0.25, -0.2) is 0 Å². The molecule has 1 saturated heterocycles. The van der Waals surface area contributed by atoms with Gasteiger partial charge in [0.2, 0.25) is 0 Å². The Morgan fingerprint density at radius 2 is 2.07 bits per heavy atom. The maximum Gasteiger partial charge on any atom is 0.313 e. The number of ether oxygens (including phenoxy) is 2. The molecule has 1 heterocycles. The van der Waals surface area contributed by atoms with Crippen LogP contribution in [0.5, 0.6) is 0 Å². The van der Waals surface area contributed by atoms with Gasteiger partial charge in [0.05, 0.1) is 24.7 Å². The topological polar surface area (TPSA) is 47.6 Å². The zero-order valence-electron chi connectivity index (χ0n) is 9.35. The monoisotopic (exact) mass is 201 g/mol. The molecule has 4 heteroatoms. The van der Waals surface area contributed by atoms with Gasteiger partial charge < -0.3 is 14.8 Å². The minimum atomic E-state index is -0.562. The Morgan fingerprint density at radius 1 is 1.50 bits per heavy atom. The highest BCUT2D eigenvalue weighted by Gasteiger charge is 2.37. The molecule has 0 saturated carbocycles. The predicted molar refractivity (Wildman–Crippen MR) is 53.0 cm³/mol. The SMILES string of the molecule is COC(=O)C(C)(C)COC1(C)CNC1. The van der Waals surface area contributed by atoms with E-state index in [1.165, 1.54) is 7.11 Å². The molecule has 1 N–H and O–H groups in total. The third-order valence-electron chi connectivity index (χ3n) is 2.52. The third kappa shape index (κ3) is 2.45. The minimum Gasteiger partial charge on any atom is -0.469 e. The lowest BCUT2D eigenvalue weighted by Gasteiger charge is -2.40. The summed E-state index contributed by atoms with van der Waals surface area (Å²) in [4.78, 5) is 11.3. The molecule has 0 aromatic heterocycles. The van der Waals surface area contributed by atoms with Crippen LogP contribution in [0.25, 0.3) is 0 Å². The number of carbonyl (C=O) groups excluding carboxylic acids is 1. The Hall–Kier alpha value is -0.610. The van der Waals surface area contributed by atoms with E-state index < -0.39 is 5.41 Å². The van der Waals surface area contributed by atoms with E-state index in [1.54, 1.807) is 0 Å². The number of rotatable bonds is 4. The van der Waals surface area contributed by atoms with Crippen LogP contribution in [0.4, 0.5) is 0 Å². The van der Waals surface area contributed by atoms with E-state index >= 15 is 0 Å². The summed E-state index contributed by atoms with van der Waals surface area (Å²) in [5.41, 5.74) is -0.668. The van der Waals surface area contributed by atoms with Gasteiger partial charge in [-0.15, -0.1) is 0 Å². The van der Waals surface area contributed by atoms with Crippen molar-refractivity contribution in [3.63, 3.8) is 0 Å². The molecular formula is C10H19NO3. The third-order valence-corrected chi connectivity index (χ3v) is 2.52. The summed E-state index contributed by atoms with van der Waals surface area (Å²) in [5, 5.41) is 3.14. The van der Waals surface area contributed by atoms with Crippen molar-refractivity contribution in [2.45, 2.75) is 26.4 Å². The average molecular weight is 201 g/mol. The van der Waals surface area contributed by atoms with E-state index in [4.69, 9.17) is 9.47 Å². The van der Waals surface area contributed by atoms with E-state index in [2.05, 4.69) is 5.32 Å². The summed E-state index contributed by atoms with van der Waals surface area (Å²) in [6, 6.07) is 0. The second-order valence-electron chi connectivity index (χ2n) is 4.72. The number of methoxy groups -OCH3 is 1. The molecule has 0 bridgehead atoms. The van der Waals surface area contributed by atoms with Gasteiger partial charge in [0.25, 0.3) is 0 Å². The molecule has 0 aliphatic carbocycles. The van der Waals surface area contributed by atoms with Crippen LogP contribution < -0.4 is 5.32 Å². The fourth-order valence-corrected chi connectivity index (χ4v) is 1.27. The summed E-state index contributed by atoms with van der Waals surface area (Å²) in [5.74, 6) is -0.228.